The summed E-state index contributed by atoms with van der Waals surface area (Å²) in [5.41, 5.74) is 8.02. The largest absolute Gasteiger partial charge is 0.346 e. The maximum Gasteiger partial charge on any atom is 0.277 e. The third-order valence-corrected chi connectivity index (χ3v) is 3.71. The first kappa shape index (κ1) is 17.1. The van der Waals surface area contributed by atoms with E-state index < -0.39 is 24.9 Å². The van der Waals surface area contributed by atoms with Gasteiger partial charge in [0.15, 0.2) is 0 Å². The molecule has 0 saturated carbocycles. The zero-order valence-corrected chi connectivity index (χ0v) is 13.1. The van der Waals surface area contributed by atoms with Crippen LogP contribution < -0.4 is 11.1 Å². The van der Waals surface area contributed by atoms with Gasteiger partial charge in [0, 0.05) is 30.3 Å². The standard InChI is InChI=1S/C16H20F2N4O/c1-11-7-14(15(23)21-10-16(17,18)9-19)12(2)22(11)8-13-3-5-20-6-4-13/h3-7H,8-10,19H2,1-2H3,(H,21,23). The molecular weight excluding hydrogens is 302 g/mol. The van der Waals surface area contributed by atoms with Gasteiger partial charge in [-0.2, -0.15) is 0 Å². The Hall–Kier alpha value is -2.28. The molecule has 0 aliphatic heterocycles. The van der Waals surface area contributed by atoms with Crippen molar-refractivity contribution in [1.29, 1.82) is 0 Å². The van der Waals surface area contributed by atoms with E-state index >= 15 is 0 Å². The zero-order valence-electron chi connectivity index (χ0n) is 13.1. The van der Waals surface area contributed by atoms with Crippen molar-refractivity contribution in [3.8, 4) is 0 Å². The van der Waals surface area contributed by atoms with Crippen molar-refractivity contribution >= 4 is 5.91 Å². The van der Waals surface area contributed by atoms with Crippen molar-refractivity contribution in [1.82, 2.24) is 14.9 Å². The number of nitrogens with zero attached hydrogens (tertiary/aromatic N) is 2. The molecule has 7 heteroatoms. The Kier molecular flexibility index (Phi) is 5.10. The molecule has 0 unspecified atom stereocenters. The normalized spacial score (nSPS) is 11.5. The minimum Gasteiger partial charge on any atom is -0.346 e. The molecule has 0 aliphatic carbocycles. The predicted octanol–water partition coefficient (Wildman–Crippen LogP) is 1.87. The average Bonchev–Trinajstić information content (AvgIpc) is 2.82. The summed E-state index contributed by atoms with van der Waals surface area (Å²) in [6.07, 6.45) is 3.40. The summed E-state index contributed by atoms with van der Waals surface area (Å²) in [7, 11) is 0. The fraction of sp³-hybridized carbons (Fsp3) is 0.375. The number of hydrogen-bond acceptors (Lipinski definition) is 3. The summed E-state index contributed by atoms with van der Waals surface area (Å²) in [5, 5.41) is 2.24. The second kappa shape index (κ2) is 6.87. The summed E-state index contributed by atoms with van der Waals surface area (Å²) >= 11 is 0. The smallest absolute Gasteiger partial charge is 0.277 e. The second-order valence-corrected chi connectivity index (χ2v) is 5.47. The fourth-order valence-electron chi connectivity index (χ4n) is 2.32. The molecule has 0 fully saturated rings. The third-order valence-electron chi connectivity index (χ3n) is 3.71. The molecule has 2 rings (SSSR count). The van der Waals surface area contributed by atoms with Gasteiger partial charge in [-0.05, 0) is 37.6 Å². The van der Waals surface area contributed by atoms with Gasteiger partial charge in [-0.1, -0.05) is 0 Å². The molecule has 124 valence electrons. The lowest BCUT2D eigenvalue weighted by Crippen LogP contribution is -2.41. The van der Waals surface area contributed by atoms with Crippen LogP contribution in [0.5, 0.6) is 0 Å². The van der Waals surface area contributed by atoms with Crippen LogP contribution in [0.4, 0.5) is 8.78 Å². The number of hydrogen-bond donors (Lipinski definition) is 2. The minimum absolute atomic E-state index is 0.393. The topological polar surface area (TPSA) is 72.9 Å². The molecule has 0 aliphatic rings. The van der Waals surface area contributed by atoms with E-state index in [-0.39, 0.29) is 0 Å². The molecule has 0 bridgehead atoms. The van der Waals surface area contributed by atoms with Crippen LogP contribution in [0.3, 0.4) is 0 Å². The summed E-state index contributed by atoms with van der Waals surface area (Å²) < 4.78 is 28.3. The van der Waals surface area contributed by atoms with E-state index in [0.29, 0.717) is 12.1 Å². The van der Waals surface area contributed by atoms with Gasteiger partial charge in [-0.3, -0.25) is 9.78 Å². The highest BCUT2D eigenvalue weighted by Crippen LogP contribution is 2.17. The van der Waals surface area contributed by atoms with Crippen LogP contribution in [0.2, 0.25) is 0 Å². The highest BCUT2D eigenvalue weighted by Gasteiger charge is 2.28. The molecular formula is C16H20F2N4O. The van der Waals surface area contributed by atoms with Crippen molar-refractivity contribution in [3.63, 3.8) is 0 Å². The highest BCUT2D eigenvalue weighted by molar-refractivity contribution is 5.95. The number of nitrogens with one attached hydrogen (secondary N) is 1. The van der Waals surface area contributed by atoms with E-state index in [1.54, 1.807) is 25.4 Å². The number of nitrogens with two attached hydrogens (primary N) is 1. The van der Waals surface area contributed by atoms with Crippen LogP contribution in [-0.2, 0) is 6.54 Å². The monoisotopic (exact) mass is 322 g/mol. The van der Waals surface area contributed by atoms with Crippen molar-refractivity contribution in [3.05, 3.63) is 53.1 Å². The molecule has 1 amide bonds. The van der Waals surface area contributed by atoms with Crippen molar-refractivity contribution in [2.45, 2.75) is 26.3 Å². The summed E-state index contributed by atoms with van der Waals surface area (Å²) in [5.74, 6) is -3.62. The molecule has 23 heavy (non-hydrogen) atoms. The summed E-state index contributed by atoms with van der Waals surface area (Å²) in [6, 6.07) is 5.48. The van der Waals surface area contributed by atoms with Gasteiger partial charge in [-0.25, -0.2) is 8.78 Å². The van der Waals surface area contributed by atoms with Gasteiger partial charge in [0.1, 0.15) is 0 Å². The number of carbonyl (C=O) groups is 1. The molecule has 0 aromatic carbocycles. The molecule has 0 saturated heterocycles. The van der Waals surface area contributed by atoms with Gasteiger partial charge >= 0.3 is 0 Å². The van der Waals surface area contributed by atoms with Gasteiger partial charge in [0.25, 0.3) is 11.8 Å². The van der Waals surface area contributed by atoms with Crippen LogP contribution in [0.25, 0.3) is 0 Å². The van der Waals surface area contributed by atoms with Crippen LogP contribution in [-0.4, -0.2) is 34.5 Å². The third kappa shape index (κ3) is 4.13. The van der Waals surface area contributed by atoms with Gasteiger partial charge in [0.2, 0.25) is 0 Å². The molecule has 2 aromatic heterocycles. The average molecular weight is 322 g/mol. The number of amides is 1. The first-order valence-corrected chi connectivity index (χ1v) is 7.26. The summed E-state index contributed by atoms with van der Waals surface area (Å²) in [6.45, 7) is 2.70. The number of carbonyl (C=O) groups excluding carboxylic acids is 1. The summed E-state index contributed by atoms with van der Waals surface area (Å²) in [4.78, 5) is 16.1. The molecule has 0 spiro atoms. The van der Waals surface area contributed by atoms with E-state index in [9.17, 15) is 13.6 Å². The lowest BCUT2D eigenvalue weighted by Gasteiger charge is -2.14. The van der Waals surface area contributed by atoms with Gasteiger partial charge in [0.05, 0.1) is 18.7 Å². The van der Waals surface area contributed by atoms with E-state index in [1.165, 1.54) is 0 Å². The zero-order chi connectivity index (χ0) is 17.0. The Bertz CT molecular complexity index is 683. The number of halogens is 2. The number of rotatable bonds is 6. The quantitative estimate of drug-likeness (QED) is 0.853. The number of aryl methyl sites for hydroxylation is 1. The van der Waals surface area contributed by atoms with Gasteiger partial charge < -0.3 is 15.6 Å². The lowest BCUT2D eigenvalue weighted by molar-refractivity contribution is 0.0118. The lowest BCUT2D eigenvalue weighted by atomic mass is 10.2. The van der Waals surface area contributed by atoms with Gasteiger partial charge in [-0.15, -0.1) is 0 Å². The maximum absolute atomic E-state index is 13.2. The van der Waals surface area contributed by atoms with E-state index in [4.69, 9.17) is 5.73 Å². The maximum atomic E-state index is 13.2. The highest BCUT2D eigenvalue weighted by atomic mass is 19.3. The van der Waals surface area contributed by atoms with Crippen molar-refractivity contribution in [2.24, 2.45) is 5.73 Å². The molecule has 5 nitrogen and oxygen atoms in total. The second-order valence-electron chi connectivity index (χ2n) is 5.47. The Balaban J connectivity index is 2.15. The van der Waals surface area contributed by atoms with Crippen LogP contribution in [0, 0.1) is 13.8 Å². The number of aromatic nitrogens is 2. The van der Waals surface area contributed by atoms with Crippen LogP contribution in [0.15, 0.2) is 30.6 Å². The Morgan fingerprint density at radius 2 is 2.00 bits per heavy atom. The van der Waals surface area contributed by atoms with E-state index in [1.807, 2.05) is 23.6 Å². The number of pyridine rings is 1. The number of alkyl halides is 2. The van der Waals surface area contributed by atoms with Crippen molar-refractivity contribution < 1.29 is 13.6 Å². The first-order valence-electron chi connectivity index (χ1n) is 7.26. The molecule has 2 aromatic rings. The van der Waals surface area contributed by atoms with E-state index in [2.05, 4.69) is 10.3 Å². The SMILES string of the molecule is Cc1cc(C(=O)NCC(F)(F)CN)c(C)n1Cc1ccncc1. The Labute approximate surface area is 133 Å². The van der Waals surface area contributed by atoms with Crippen LogP contribution >= 0.6 is 0 Å². The van der Waals surface area contributed by atoms with E-state index in [0.717, 1.165) is 17.0 Å². The molecule has 3 N–H and O–H groups in total. The fourth-order valence-corrected chi connectivity index (χ4v) is 2.32. The van der Waals surface area contributed by atoms with Crippen LogP contribution in [0.1, 0.15) is 27.3 Å². The molecule has 2 heterocycles. The van der Waals surface area contributed by atoms with Crippen molar-refractivity contribution in [2.75, 3.05) is 13.1 Å². The Morgan fingerprint density at radius 1 is 1.35 bits per heavy atom. The first-order chi connectivity index (χ1) is 10.8. The predicted molar refractivity (Wildman–Crippen MR) is 83.6 cm³/mol. The Morgan fingerprint density at radius 3 is 2.61 bits per heavy atom. The minimum atomic E-state index is -3.10. The molecule has 0 radical (unpaired) electrons. The molecule has 0 atom stereocenters.